The van der Waals surface area contributed by atoms with Crippen molar-refractivity contribution in [2.24, 2.45) is 11.8 Å². The molecule has 1 spiro atoms. The van der Waals surface area contributed by atoms with Gasteiger partial charge in [0.05, 0.1) is 17.4 Å². The SMILES string of the molecule is C=CCN(CCC)C(=O)[C@@H]1[C@H]2C(=O)N(CCCCCO)C(C(=O)N(CC=C)c3c(C)cccc3C)C23CC[C@@]1(C)O3. The number of hydrogen-bond acceptors (Lipinski definition) is 5. The van der Waals surface area contributed by atoms with Crippen LogP contribution in [0.1, 0.15) is 63.5 Å². The quantitative estimate of drug-likeness (QED) is 0.270. The Morgan fingerprint density at radius 2 is 1.78 bits per heavy atom. The lowest BCUT2D eigenvalue weighted by Crippen LogP contribution is -2.57. The summed E-state index contributed by atoms with van der Waals surface area (Å²) in [6, 6.07) is 5.07. The number of para-hydroxylation sites is 1. The van der Waals surface area contributed by atoms with Crippen molar-refractivity contribution in [1.29, 1.82) is 0 Å². The summed E-state index contributed by atoms with van der Waals surface area (Å²) in [5.41, 5.74) is 0.834. The fourth-order valence-corrected chi connectivity index (χ4v) is 7.61. The standard InChI is InChI=1S/C33H47N3O5/c1-7-18-34(19-8-2)29(38)25-26-30(39)36(21-11-10-12-22-37)28(33(26)17-16-32(25,6)41-33)31(40)35(20-9-3)27-23(4)14-13-15-24(27)5/h7,9,13-15,25-26,28,37H,1,3,8,10-12,16-22H2,2,4-6H3/t25-,26-,28?,32+,33?/m0/s1. The number of unbranched alkanes of at least 4 members (excludes halogenated alkanes) is 2. The molecule has 3 heterocycles. The zero-order chi connectivity index (χ0) is 29.9. The molecule has 224 valence electrons. The number of fused-ring (bicyclic) bond motifs is 1. The summed E-state index contributed by atoms with van der Waals surface area (Å²) in [4.78, 5) is 48.5. The minimum atomic E-state index is -1.08. The van der Waals surface area contributed by atoms with Crippen molar-refractivity contribution in [2.45, 2.75) is 83.5 Å². The molecule has 1 N–H and O–H groups in total. The number of aliphatic hydroxyl groups is 1. The minimum Gasteiger partial charge on any atom is -0.396 e. The first-order valence-electron chi connectivity index (χ1n) is 15.1. The van der Waals surface area contributed by atoms with Crippen molar-refractivity contribution in [3.05, 3.63) is 54.6 Å². The van der Waals surface area contributed by atoms with Crippen molar-refractivity contribution in [1.82, 2.24) is 9.80 Å². The number of amides is 3. The van der Waals surface area contributed by atoms with Gasteiger partial charge in [-0.15, -0.1) is 13.2 Å². The Balaban J connectivity index is 1.80. The molecule has 3 fully saturated rings. The van der Waals surface area contributed by atoms with Crippen LogP contribution in [0.4, 0.5) is 5.69 Å². The van der Waals surface area contributed by atoms with Crippen molar-refractivity contribution < 1.29 is 24.2 Å². The van der Waals surface area contributed by atoms with Crippen LogP contribution in [-0.4, -0.2) is 82.7 Å². The molecule has 1 aromatic rings. The van der Waals surface area contributed by atoms with Gasteiger partial charge in [0.2, 0.25) is 11.8 Å². The first kappa shape index (κ1) is 31.0. The second-order valence-electron chi connectivity index (χ2n) is 12.1. The molecule has 3 amide bonds. The lowest BCUT2D eigenvalue weighted by molar-refractivity contribution is -0.149. The third-order valence-electron chi connectivity index (χ3n) is 9.28. The highest BCUT2D eigenvalue weighted by Gasteiger charge is 2.78. The Bertz CT molecular complexity index is 1160. The first-order chi connectivity index (χ1) is 19.6. The van der Waals surface area contributed by atoms with Gasteiger partial charge in [0.25, 0.3) is 5.91 Å². The van der Waals surface area contributed by atoms with Crippen LogP contribution in [0.2, 0.25) is 0 Å². The second-order valence-corrected chi connectivity index (χ2v) is 12.1. The van der Waals surface area contributed by atoms with Gasteiger partial charge in [-0.2, -0.15) is 0 Å². The fourth-order valence-electron chi connectivity index (χ4n) is 7.61. The number of anilines is 1. The van der Waals surface area contributed by atoms with Gasteiger partial charge in [-0.05, 0) is 70.4 Å². The van der Waals surface area contributed by atoms with E-state index in [0.29, 0.717) is 45.3 Å². The van der Waals surface area contributed by atoms with Crippen molar-refractivity contribution in [3.63, 3.8) is 0 Å². The molecule has 0 aliphatic carbocycles. The molecule has 0 saturated carbocycles. The summed E-state index contributed by atoms with van der Waals surface area (Å²) in [7, 11) is 0. The highest BCUT2D eigenvalue weighted by Crippen LogP contribution is 2.63. The first-order valence-corrected chi connectivity index (χ1v) is 15.1. The van der Waals surface area contributed by atoms with Crippen molar-refractivity contribution in [2.75, 3.05) is 37.7 Å². The van der Waals surface area contributed by atoms with E-state index in [-0.39, 0.29) is 30.9 Å². The number of hydrogen-bond donors (Lipinski definition) is 1. The number of nitrogens with zero attached hydrogens (tertiary/aromatic N) is 3. The summed E-state index contributed by atoms with van der Waals surface area (Å²) in [6.07, 6.45) is 7.37. The van der Waals surface area contributed by atoms with E-state index < -0.39 is 29.1 Å². The van der Waals surface area contributed by atoms with Crippen LogP contribution in [0.5, 0.6) is 0 Å². The van der Waals surface area contributed by atoms with E-state index in [2.05, 4.69) is 13.2 Å². The van der Waals surface area contributed by atoms with E-state index in [1.807, 2.05) is 45.9 Å². The highest BCUT2D eigenvalue weighted by molar-refractivity contribution is 6.05. The van der Waals surface area contributed by atoms with Gasteiger partial charge in [0.1, 0.15) is 11.6 Å². The number of carbonyl (C=O) groups is 3. The molecule has 1 aromatic carbocycles. The molecule has 4 rings (SSSR count). The van der Waals surface area contributed by atoms with Gasteiger partial charge in [0, 0.05) is 38.5 Å². The Morgan fingerprint density at radius 3 is 2.39 bits per heavy atom. The molecule has 8 heteroatoms. The van der Waals surface area contributed by atoms with E-state index in [4.69, 9.17) is 4.74 Å². The molecule has 0 aromatic heterocycles. The van der Waals surface area contributed by atoms with Gasteiger partial charge in [-0.25, -0.2) is 0 Å². The van der Waals surface area contributed by atoms with E-state index in [9.17, 15) is 19.5 Å². The van der Waals surface area contributed by atoms with E-state index in [0.717, 1.165) is 29.7 Å². The number of aryl methyl sites for hydroxylation is 2. The van der Waals surface area contributed by atoms with E-state index in [1.54, 1.807) is 26.9 Å². The van der Waals surface area contributed by atoms with Gasteiger partial charge >= 0.3 is 0 Å². The highest BCUT2D eigenvalue weighted by atomic mass is 16.5. The number of rotatable bonds is 14. The molecule has 8 nitrogen and oxygen atoms in total. The summed E-state index contributed by atoms with van der Waals surface area (Å²) in [5, 5.41) is 9.32. The molecular weight excluding hydrogens is 518 g/mol. The molecule has 3 aliphatic heterocycles. The van der Waals surface area contributed by atoms with Crippen molar-refractivity contribution in [3.8, 4) is 0 Å². The average Bonchev–Trinajstić information content (AvgIpc) is 3.50. The predicted molar refractivity (Wildman–Crippen MR) is 160 cm³/mol. The van der Waals surface area contributed by atoms with Crippen LogP contribution in [0, 0.1) is 25.7 Å². The maximum absolute atomic E-state index is 14.8. The van der Waals surface area contributed by atoms with Crippen LogP contribution >= 0.6 is 0 Å². The molecule has 3 aliphatic rings. The summed E-state index contributed by atoms with van der Waals surface area (Å²) in [6.45, 7) is 17.4. The normalized spacial score (nSPS) is 28.1. The number of ether oxygens (including phenoxy) is 1. The zero-order valence-corrected chi connectivity index (χ0v) is 25.2. The van der Waals surface area contributed by atoms with E-state index in [1.165, 1.54) is 0 Å². The summed E-state index contributed by atoms with van der Waals surface area (Å²) >= 11 is 0. The van der Waals surface area contributed by atoms with Crippen LogP contribution in [0.15, 0.2) is 43.5 Å². The van der Waals surface area contributed by atoms with E-state index >= 15 is 0 Å². The topological polar surface area (TPSA) is 90.4 Å². The summed E-state index contributed by atoms with van der Waals surface area (Å²) < 4.78 is 6.85. The van der Waals surface area contributed by atoms with Crippen LogP contribution in [0.25, 0.3) is 0 Å². The van der Waals surface area contributed by atoms with Crippen LogP contribution in [0.3, 0.4) is 0 Å². The Morgan fingerprint density at radius 1 is 1.10 bits per heavy atom. The van der Waals surface area contributed by atoms with Gasteiger partial charge in [-0.1, -0.05) is 37.3 Å². The Kier molecular flexibility index (Phi) is 9.44. The molecule has 3 saturated heterocycles. The van der Waals surface area contributed by atoms with Gasteiger partial charge in [-0.3, -0.25) is 14.4 Å². The fraction of sp³-hybridized carbons (Fsp3) is 0.606. The van der Waals surface area contributed by atoms with Crippen molar-refractivity contribution >= 4 is 23.4 Å². The average molecular weight is 566 g/mol. The maximum atomic E-state index is 14.8. The molecule has 0 radical (unpaired) electrons. The minimum absolute atomic E-state index is 0.0805. The summed E-state index contributed by atoms with van der Waals surface area (Å²) in [5.74, 6) is -1.87. The number of benzene rings is 1. The number of likely N-dealkylation sites (tertiary alicyclic amines) is 1. The van der Waals surface area contributed by atoms with Crippen LogP contribution in [-0.2, 0) is 19.1 Å². The van der Waals surface area contributed by atoms with Gasteiger partial charge in [0.15, 0.2) is 0 Å². The largest absolute Gasteiger partial charge is 0.396 e. The van der Waals surface area contributed by atoms with Gasteiger partial charge < -0.3 is 24.5 Å². The second kappa shape index (κ2) is 12.5. The molecule has 41 heavy (non-hydrogen) atoms. The van der Waals surface area contributed by atoms with Crippen LogP contribution < -0.4 is 4.90 Å². The third kappa shape index (κ3) is 5.25. The molecular formula is C33H47N3O5. The maximum Gasteiger partial charge on any atom is 0.253 e. The Labute approximate surface area is 245 Å². The molecule has 5 atom stereocenters. The Hall–Kier alpha value is -2.97. The predicted octanol–water partition coefficient (Wildman–Crippen LogP) is 4.17. The lowest BCUT2D eigenvalue weighted by atomic mass is 9.66. The third-order valence-corrected chi connectivity index (χ3v) is 9.28. The lowest BCUT2D eigenvalue weighted by Gasteiger charge is -2.37. The molecule has 2 bridgehead atoms. The molecule has 2 unspecified atom stereocenters. The monoisotopic (exact) mass is 565 g/mol. The number of carbonyl (C=O) groups excluding carboxylic acids is 3. The number of aliphatic hydroxyl groups excluding tert-OH is 1. The zero-order valence-electron chi connectivity index (χ0n) is 25.2. The smallest absolute Gasteiger partial charge is 0.253 e.